The first kappa shape index (κ1) is 14.5. The minimum absolute atomic E-state index is 0.112. The minimum atomic E-state index is -0.112. The monoisotopic (exact) mass is 242 g/mol. The Morgan fingerprint density at radius 1 is 1.47 bits per heavy atom. The number of rotatable bonds is 5. The lowest BCUT2D eigenvalue weighted by Crippen LogP contribution is -2.58. The lowest BCUT2D eigenvalue weighted by atomic mass is 10.0. The first-order valence-electron chi connectivity index (χ1n) is 6.68. The van der Waals surface area contributed by atoms with Crippen LogP contribution in [0.15, 0.2) is 0 Å². The zero-order chi connectivity index (χ0) is 12.8. The van der Waals surface area contributed by atoms with E-state index in [0.29, 0.717) is 18.5 Å². The zero-order valence-corrected chi connectivity index (χ0v) is 11.5. The molecular weight excluding hydrogens is 216 g/mol. The Kier molecular flexibility index (Phi) is 5.92. The van der Waals surface area contributed by atoms with Gasteiger partial charge in [0.1, 0.15) is 0 Å². The maximum Gasteiger partial charge on any atom is 0.307 e. The highest BCUT2D eigenvalue weighted by molar-refractivity contribution is 5.69. The van der Waals surface area contributed by atoms with Gasteiger partial charge in [0.25, 0.3) is 0 Å². The van der Waals surface area contributed by atoms with Crippen LogP contribution in [0.2, 0.25) is 0 Å². The quantitative estimate of drug-likeness (QED) is 0.740. The average molecular weight is 242 g/mol. The van der Waals surface area contributed by atoms with Gasteiger partial charge in [-0.1, -0.05) is 13.8 Å². The average Bonchev–Trinajstić information content (AvgIpc) is 2.37. The van der Waals surface area contributed by atoms with Crippen molar-refractivity contribution in [3.63, 3.8) is 0 Å². The van der Waals surface area contributed by atoms with Crippen molar-refractivity contribution in [2.45, 2.75) is 58.2 Å². The summed E-state index contributed by atoms with van der Waals surface area (Å²) >= 11 is 0. The van der Waals surface area contributed by atoms with Gasteiger partial charge in [0.15, 0.2) is 0 Å². The lowest BCUT2D eigenvalue weighted by molar-refractivity contribution is -0.142. The number of hydrogen-bond donors (Lipinski definition) is 1. The Balaban J connectivity index is 2.58. The lowest BCUT2D eigenvalue weighted by Gasteiger charge is -2.43. The van der Waals surface area contributed by atoms with E-state index in [2.05, 4.69) is 31.0 Å². The van der Waals surface area contributed by atoms with Crippen LogP contribution in [0.5, 0.6) is 0 Å². The second-order valence-electron chi connectivity index (χ2n) is 4.90. The van der Waals surface area contributed by atoms with E-state index >= 15 is 0 Å². The van der Waals surface area contributed by atoms with Gasteiger partial charge in [0.2, 0.25) is 0 Å². The highest BCUT2D eigenvalue weighted by Gasteiger charge is 2.30. The second kappa shape index (κ2) is 6.97. The number of nitrogens with one attached hydrogen (secondary N) is 1. The fraction of sp³-hybridized carbons (Fsp3) is 0.923. The fourth-order valence-electron chi connectivity index (χ4n) is 2.52. The van der Waals surface area contributed by atoms with Crippen molar-refractivity contribution in [1.82, 2.24) is 10.2 Å². The summed E-state index contributed by atoms with van der Waals surface area (Å²) in [6, 6.07) is 1.36. The molecule has 3 atom stereocenters. The number of hydrogen-bond acceptors (Lipinski definition) is 4. The van der Waals surface area contributed by atoms with Crippen LogP contribution in [-0.4, -0.2) is 49.2 Å². The van der Waals surface area contributed by atoms with Crippen LogP contribution in [0, 0.1) is 0 Å². The molecule has 4 heteroatoms. The van der Waals surface area contributed by atoms with Crippen LogP contribution in [0.25, 0.3) is 0 Å². The molecule has 1 rings (SSSR count). The van der Waals surface area contributed by atoms with E-state index in [1.807, 2.05) is 0 Å². The minimum Gasteiger partial charge on any atom is -0.469 e. The molecule has 1 heterocycles. The van der Waals surface area contributed by atoms with Gasteiger partial charge in [-0.05, 0) is 19.8 Å². The van der Waals surface area contributed by atoms with Crippen LogP contribution in [0.1, 0.15) is 40.0 Å². The van der Waals surface area contributed by atoms with E-state index in [1.54, 1.807) is 0 Å². The molecule has 0 aromatic carbocycles. The molecule has 0 aliphatic carbocycles. The molecule has 1 saturated heterocycles. The van der Waals surface area contributed by atoms with Gasteiger partial charge in [-0.3, -0.25) is 9.69 Å². The smallest absolute Gasteiger partial charge is 0.307 e. The number of methoxy groups -OCH3 is 1. The Morgan fingerprint density at radius 2 is 2.18 bits per heavy atom. The van der Waals surface area contributed by atoms with Gasteiger partial charge in [-0.2, -0.15) is 0 Å². The maximum atomic E-state index is 11.3. The highest BCUT2D eigenvalue weighted by atomic mass is 16.5. The van der Waals surface area contributed by atoms with Crippen molar-refractivity contribution in [1.29, 1.82) is 0 Å². The summed E-state index contributed by atoms with van der Waals surface area (Å²) in [5, 5.41) is 3.56. The molecule has 0 aromatic rings. The highest BCUT2D eigenvalue weighted by Crippen LogP contribution is 2.17. The van der Waals surface area contributed by atoms with Crippen molar-refractivity contribution < 1.29 is 9.53 Å². The maximum absolute atomic E-state index is 11.3. The molecule has 0 saturated carbocycles. The Labute approximate surface area is 105 Å². The summed E-state index contributed by atoms with van der Waals surface area (Å²) in [6.45, 7) is 8.59. The van der Waals surface area contributed by atoms with Gasteiger partial charge in [-0.25, -0.2) is 0 Å². The van der Waals surface area contributed by atoms with E-state index in [0.717, 1.165) is 25.9 Å². The number of nitrogens with zero attached hydrogens (tertiary/aromatic N) is 1. The number of ether oxygens (including phenoxy) is 1. The molecule has 0 amide bonds. The van der Waals surface area contributed by atoms with Gasteiger partial charge >= 0.3 is 5.97 Å². The van der Waals surface area contributed by atoms with Gasteiger partial charge in [0.05, 0.1) is 13.5 Å². The second-order valence-corrected chi connectivity index (χ2v) is 4.90. The van der Waals surface area contributed by atoms with Gasteiger partial charge < -0.3 is 10.1 Å². The third kappa shape index (κ3) is 3.96. The first-order valence-corrected chi connectivity index (χ1v) is 6.68. The number of carbonyl (C=O) groups excluding carboxylic acids is 1. The fourth-order valence-corrected chi connectivity index (χ4v) is 2.52. The molecule has 0 spiro atoms. The van der Waals surface area contributed by atoms with E-state index in [-0.39, 0.29) is 12.0 Å². The molecule has 3 unspecified atom stereocenters. The summed E-state index contributed by atoms with van der Waals surface area (Å²) in [4.78, 5) is 13.8. The molecule has 100 valence electrons. The van der Waals surface area contributed by atoms with Crippen molar-refractivity contribution in [2.75, 3.05) is 20.2 Å². The SMILES string of the molecule is CCC1CN(C(C)CC(=O)OC)C(CC)CN1. The molecule has 17 heavy (non-hydrogen) atoms. The zero-order valence-electron chi connectivity index (χ0n) is 11.5. The standard InChI is InChI=1S/C13H26N2O2/c1-5-11-9-15(12(6-2)8-14-11)10(3)7-13(16)17-4/h10-12,14H,5-9H2,1-4H3. The molecule has 1 aliphatic rings. The molecule has 0 aromatic heterocycles. The largest absolute Gasteiger partial charge is 0.469 e. The molecule has 4 nitrogen and oxygen atoms in total. The van der Waals surface area contributed by atoms with Gasteiger partial charge in [-0.15, -0.1) is 0 Å². The first-order chi connectivity index (χ1) is 8.12. The van der Waals surface area contributed by atoms with E-state index in [9.17, 15) is 4.79 Å². The summed E-state index contributed by atoms with van der Waals surface area (Å²) in [5.41, 5.74) is 0. The third-order valence-electron chi connectivity index (χ3n) is 3.76. The summed E-state index contributed by atoms with van der Waals surface area (Å²) < 4.78 is 4.75. The topological polar surface area (TPSA) is 41.6 Å². The number of carbonyl (C=O) groups is 1. The Morgan fingerprint density at radius 3 is 2.71 bits per heavy atom. The van der Waals surface area contributed by atoms with Crippen molar-refractivity contribution in [2.24, 2.45) is 0 Å². The third-order valence-corrected chi connectivity index (χ3v) is 3.76. The molecule has 1 N–H and O–H groups in total. The van der Waals surface area contributed by atoms with Crippen LogP contribution >= 0.6 is 0 Å². The normalized spacial score (nSPS) is 27.8. The van der Waals surface area contributed by atoms with Gasteiger partial charge in [0, 0.05) is 31.2 Å². The molecular formula is C13H26N2O2. The van der Waals surface area contributed by atoms with Crippen molar-refractivity contribution in [3.8, 4) is 0 Å². The van der Waals surface area contributed by atoms with E-state index < -0.39 is 0 Å². The van der Waals surface area contributed by atoms with Crippen LogP contribution in [-0.2, 0) is 9.53 Å². The molecule has 0 bridgehead atoms. The summed E-state index contributed by atoms with van der Waals surface area (Å²) in [5.74, 6) is -0.112. The molecule has 1 aliphatic heterocycles. The van der Waals surface area contributed by atoms with Crippen molar-refractivity contribution >= 4 is 5.97 Å². The van der Waals surface area contributed by atoms with Crippen LogP contribution < -0.4 is 5.32 Å². The Bertz CT molecular complexity index is 246. The number of piperazine rings is 1. The summed E-state index contributed by atoms with van der Waals surface area (Å²) in [6.07, 6.45) is 2.75. The van der Waals surface area contributed by atoms with Crippen LogP contribution in [0.4, 0.5) is 0 Å². The predicted molar refractivity (Wildman–Crippen MR) is 69.0 cm³/mol. The molecule has 1 fully saturated rings. The van der Waals surface area contributed by atoms with Crippen LogP contribution in [0.3, 0.4) is 0 Å². The Hall–Kier alpha value is -0.610. The number of esters is 1. The predicted octanol–water partition coefficient (Wildman–Crippen LogP) is 1.40. The van der Waals surface area contributed by atoms with E-state index in [4.69, 9.17) is 4.74 Å². The van der Waals surface area contributed by atoms with E-state index in [1.165, 1.54) is 7.11 Å². The summed E-state index contributed by atoms with van der Waals surface area (Å²) in [7, 11) is 1.46. The molecule has 0 radical (unpaired) electrons. The van der Waals surface area contributed by atoms with Crippen molar-refractivity contribution in [3.05, 3.63) is 0 Å².